The number of benzene rings is 1. The third-order valence-corrected chi connectivity index (χ3v) is 4.06. The van der Waals surface area contributed by atoms with Crippen LogP contribution in [0.5, 0.6) is 0 Å². The minimum Gasteiger partial charge on any atom is -0.336 e. The molecule has 3 heteroatoms. The van der Waals surface area contributed by atoms with Crippen LogP contribution in [0.1, 0.15) is 42.6 Å². The number of hydrogen-bond donors (Lipinski definition) is 1. The molecule has 2 unspecified atom stereocenters. The quantitative estimate of drug-likeness (QED) is 0.907. The Balaban J connectivity index is 2.19. The van der Waals surface area contributed by atoms with E-state index < -0.39 is 0 Å². The number of nitrogens with zero attached hydrogens (tertiary/aromatic N) is 1. The fourth-order valence-electron chi connectivity index (χ4n) is 2.97. The first kappa shape index (κ1) is 14.1. The van der Waals surface area contributed by atoms with Crippen LogP contribution in [0.3, 0.4) is 0 Å². The highest BCUT2D eigenvalue weighted by atomic mass is 16.2. The highest BCUT2D eigenvalue weighted by Gasteiger charge is 2.28. The van der Waals surface area contributed by atoms with Gasteiger partial charge in [-0.05, 0) is 50.3 Å². The van der Waals surface area contributed by atoms with Gasteiger partial charge in [-0.1, -0.05) is 25.1 Å². The zero-order valence-electron chi connectivity index (χ0n) is 11.9. The highest BCUT2D eigenvalue weighted by molar-refractivity contribution is 5.96. The Morgan fingerprint density at radius 1 is 1.37 bits per heavy atom. The van der Waals surface area contributed by atoms with Gasteiger partial charge in [-0.2, -0.15) is 0 Å². The molecule has 0 spiro atoms. The third-order valence-electron chi connectivity index (χ3n) is 4.06. The average molecular weight is 260 g/mol. The van der Waals surface area contributed by atoms with Crippen molar-refractivity contribution in [3.63, 3.8) is 0 Å². The van der Waals surface area contributed by atoms with Crippen LogP contribution in [0.15, 0.2) is 24.3 Å². The molecule has 1 fully saturated rings. The van der Waals surface area contributed by atoms with E-state index in [1.807, 2.05) is 29.2 Å². The summed E-state index contributed by atoms with van der Waals surface area (Å²) in [7, 11) is 0. The van der Waals surface area contributed by atoms with Gasteiger partial charge in [0.05, 0.1) is 0 Å². The van der Waals surface area contributed by atoms with Gasteiger partial charge >= 0.3 is 0 Å². The van der Waals surface area contributed by atoms with Crippen molar-refractivity contribution in [3.8, 4) is 0 Å². The smallest absolute Gasteiger partial charge is 0.254 e. The molecule has 3 nitrogen and oxygen atoms in total. The van der Waals surface area contributed by atoms with Crippen molar-refractivity contribution in [1.82, 2.24) is 4.90 Å². The fourth-order valence-corrected chi connectivity index (χ4v) is 2.97. The van der Waals surface area contributed by atoms with Crippen LogP contribution < -0.4 is 5.73 Å². The number of rotatable bonds is 3. The van der Waals surface area contributed by atoms with Crippen LogP contribution in [0.2, 0.25) is 0 Å². The minimum atomic E-state index is 0.170. The first-order valence-electron chi connectivity index (χ1n) is 7.22. The Morgan fingerprint density at radius 3 is 2.79 bits per heavy atom. The Kier molecular flexibility index (Phi) is 4.59. The Labute approximate surface area is 115 Å². The Morgan fingerprint density at radius 2 is 2.11 bits per heavy atom. The highest BCUT2D eigenvalue weighted by Crippen LogP contribution is 2.24. The zero-order valence-corrected chi connectivity index (χ0v) is 11.9. The SMILES string of the molecule is CC1CCN(C(=O)c2ccccc2CCN)C(C)C1. The van der Waals surface area contributed by atoms with Gasteiger partial charge < -0.3 is 10.6 Å². The molecule has 2 N–H and O–H groups in total. The molecule has 1 saturated heterocycles. The zero-order chi connectivity index (χ0) is 13.8. The number of hydrogen-bond acceptors (Lipinski definition) is 2. The van der Waals surface area contributed by atoms with E-state index in [0.29, 0.717) is 12.6 Å². The lowest BCUT2D eigenvalue weighted by Gasteiger charge is -2.37. The molecule has 0 bridgehead atoms. The molecule has 2 rings (SSSR count). The van der Waals surface area contributed by atoms with Crippen molar-refractivity contribution in [1.29, 1.82) is 0 Å². The van der Waals surface area contributed by atoms with Crippen LogP contribution in [0.4, 0.5) is 0 Å². The Hall–Kier alpha value is -1.35. The first-order chi connectivity index (χ1) is 9.13. The molecule has 0 radical (unpaired) electrons. The van der Waals surface area contributed by atoms with Crippen molar-refractivity contribution >= 4 is 5.91 Å². The molecule has 1 aliphatic heterocycles. The van der Waals surface area contributed by atoms with E-state index >= 15 is 0 Å². The number of nitrogens with two attached hydrogens (primary N) is 1. The average Bonchev–Trinajstić information content (AvgIpc) is 2.39. The van der Waals surface area contributed by atoms with E-state index in [9.17, 15) is 4.79 Å². The van der Waals surface area contributed by atoms with Gasteiger partial charge in [0.15, 0.2) is 0 Å². The number of amides is 1. The van der Waals surface area contributed by atoms with Crippen molar-refractivity contribution < 1.29 is 4.79 Å². The largest absolute Gasteiger partial charge is 0.336 e. The van der Waals surface area contributed by atoms with E-state index in [0.717, 1.165) is 42.9 Å². The molecule has 1 heterocycles. The fraction of sp³-hybridized carbons (Fsp3) is 0.562. The van der Waals surface area contributed by atoms with Crippen LogP contribution >= 0.6 is 0 Å². The molecule has 1 aliphatic rings. The molecule has 19 heavy (non-hydrogen) atoms. The third kappa shape index (κ3) is 3.16. The molecular formula is C16H24N2O. The molecule has 1 amide bonds. The first-order valence-corrected chi connectivity index (χ1v) is 7.22. The standard InChI is InChI=1S/C16H24N2O/c1-12-8-10-18(13(2)11-12)16(19)15-6-4-3-5-14(15)7-9-17/h3-6,12-13H,7-11,17H2,1-2H3. The van der Waals surface area contributed by atoms with Crippen molar-refractivity contribution in [3.05, 3.63) is 35.4 Å². The maximum atomic E-state index is 12.7. The summed E-state index contributed by atoms with van der Waals surface area (Å²) < 4.78 is 0. The van der Waals surface area contributed by atoms with Gasteiger partial charge in [-0.3, -0.25) is 4.79 Å². The van der Waals surface area contributed by atoms with E-state index in [1.54, 1.807) is 0 Å². The molecule has 2 atom stereocenters. The number of carbonyl (C=O) groups is 1. The van der Waals surface area contributed by atoms with E-state index in [2.05, 4.69) is 13.8 Å². The monoisotopic (exact) mass is 260 g/mol. The molecule has 0 aliphatic carbocycles. The summed E-state index contributed by atoms with van der Waals surface area (Å²) in [5, 5.41) is 0. The predicted molar refractivity (Wildman–Crippen MR) is 78.1 cm³/mol. The molecule has 0 saturated carbocycles. The van der Waals surface area contributed by atoms with Crippen molar-refractivity contribution in [2.45, 2.75) is 39.2 Å². The van der Waals surface area contributed by atoms with Crippen LogP contribution in [0, 0.1) is 5.92 Å². The topological polar surface area (TPSA) is 46.3 Å². The van der Waals surface area contributed by atoms with Crippen LogP contribution in [0.25, 0.3) is 0 Å². The van der Waals surface area contributed by atoms with Gasteiger partial charge in [0, 0.05) is 18.2 Å². The lowest BCUT2D eigenvalue weighted by Crippen LogP contribution is -2.44. The second-order valence-electron chi connectivity index (χ2n) is 5.67. The molecule has 1 aromatic rings. The maximum Gasteiger partial charge on any atom is 0.254 e. The van der Waals surface area contributed by atoms with Crippen LogP contribution in [-0.2, 0) is 6.42 Å². The lowest BCUT2D eigenvalue weighted by atomic mass is 9.92. The second-order valence-corrected chi connectivity index (χ2v) is 5.67. The second kappa shape index (κ2) is 6.20. The summed E-state index contributed by atoms with van der Waals surface area (Å²) in [4.78, 5) is 14.7. The molecule has 104 valence electrons. The summed E-state index contributed by atoms with van der Waals surface area (Å²) in [6.07, 6.45) is 2.97. The van der Waals surface area contributed by atoms with E-state index in [1.165, 1.54) is 0 Å². The molecule has 1 aromatic carbocycles. The number of likely N-dealkylation sites (tertiary alicyclic amines) is 1. The van der Waals surface area contributed by atoms with Gasteiger partial charge in [-0.15, -0.1) is 0 Å². The van der Waals surface area contributed by atoms with Crippen LogP contribution in [-0.4, -0.2) is 29.9 Å². The van der Waals surface area contributed by atoms with E-state index in [-0.39, 0.29) is 5.91 Å². The summed E-state index contributed by atoms with van der Waals surface area (Å²) in [6, 6.07) is 8.19. The summed E-state index contributed by atoms with van der Waals surface area (Å²) in [6.45, 7) is 5.87. The number of carbonyl (C=O) groups excluding carboxylic acids is 1. The minimum absolute atomic E-state index is 0.170. The van der Waals surface area contributed by atoms with Crippen molar-refractivity contribution in [2.75, 3.05) is 13.1 Å². The Bertz CT molecular complexity index is 444. The number of piperidine rings is 1. The van der Waals surface area contributed by atoms with Gasteiger partial charge in [-0.25, -0.2) is 0 Å². The van der Waals surface area contributed by atoms with E-state index in [4.69, 9.17) is 5.73 Å². The predicted octanol–water partition coefficient (Wildman–Crippen LogP) is 2.45. The summed E-state index contributed by atoms with van der Waals surface area (Å²) >= 11 is 0. The maximum absolute atomic E-state index is 12.7. The van der Waals surface area contributed by atoms with Gasteiger partial charge in [0.2, 0.25) is 0 Å². The lowest BCUT2D eigenvalue weighted by molar-refractivity contribution is 0.0587. The molecular weight excluding hydrogens is 236 g/mol. The summed E-state index contributed by atoms with van der Waals surface area (Å²) in [5.41, 5.74) is 7.53. The molecule has 0 aromatic heterocycles. The normalized spacial score (nSPS) is 23.4. The van der Waals surface area contributed by atoms with Gasteiger partial charge in [0.1, 0.15) is 0 Å². The summed E-state index contributed by atoms with van der Waals surface area (Å²) in [5.74, 6) is 0.891. The van der Waals surface area contributed by atoms with Crippen molar-refractivity contribution in [2.24, 2.45) is 11.7 Å². The van der Waals surface area contributed by atoms with Gasteiger partial charge in [0.25, 0.3) is 5.91 Å².